The number of halogens is 2. The zero-order valence-electron chi connectivity index (χ0n) is 11.2. The minimum absolute atomic E-state index is 0.104. The van der Waals surface area contributed by atoms with E-state index in [1.165, 1.54) is 12.1 Å². The Labute approximate surface area is 126 Å². The van der Waals surface area contributed by atoms with Crippen LogP contribution in [0.4, 0.5) is 4.39 Å². The van der Waals surface area contributed by atoms with Crippen LogP contribution in [0.2, 0.25) is 5.02 Å². The van der Waals surface area contributed by atoms with E-state index in [-0.39, 0.29) is 29.2 Å². The zero-order valence-corrected chi connectivity index (χ0v) is 12.0. The highest BCUT2D eigenvalue weighted by Gasteiger charge is 2.27. The van der Waals surface area contributed by atoms with Crippen LogP contribution in [0.25, 0.3) is 0 Å². The summed E-state index contributed by atoms with van der Waals surface area (Å²) in [5.74, 6) is -1.68. The fourth-order valence-corrected chi connectivity index (χ4v) is 2.42. The van der Waals surface area contributed by atoms with Crippen molar-refractivity contribution in [2.24, 2.45) is 5.92 Å². The molecule has 0 atom stereocenters. The van der Waals surface area contributed by atoms with Crippen molar-refractivity contribution >= 4 is 23.5 Å². The molecular formula is C14H15ClFNO4. The fraction of sp³-hybridized carbons (Fsp3) is 0.429. The summed E-state index contributed by atoms with van der Waals surface area (Å²) in [5.41, 5.74) is 0. The van der Waals surface area contributed by atoms with E-state index in [2.05, 4.69) is 0 Å². The molecule has 5 nitrogen and oxygen atoms in total. The number of ether oxygens (including phenoxy) is 1. The Kier molecular flexibility index (Phi) is 5.01. The molecule has 0 unspecified atom stereocenters. The molecule has 1 aromatic rings. The molecule has 21 heavy (non-hydrogen) atoms. The van der Waals surface area contributed by atoms with Gasteiger partial charge in [-0.1, -0.05) is 11.6 Å². The summed E-state index contributed by atoms with van der Waals surface area (Å²) in [5, 5.41) is 9.00. The van der Waals surface area contributed by atoms with Crippen LogP contribution in [-0.4, -0.2) is 41.6 Å². The number of aliphatic carboxylic acids is 1. The fourth-order valence-electron chi connectivity index (χ4n) is 2.20. The van der Waals surface area contributed by atoms with Crippen molar-refractivity contribution in [2.45, 2.75) is 12.8 Å². The Bertz CT molecular complexity index is 544. The van der Waals surface area contributed by atoms with Crippen molar-refractivity contribution < 1.29 is 23.8 Å². The van der Waals surface area contributed by atoms with Crippen LogP contribution in [-0.2, 0) is 9.59 Å². The molecule has 1 aliphatic heterocycles. The summed E-state index contributed by atoms with van der Waals surface area (Å²) >= 11 is 5.80. The Morgan fingerprint density at radius 3 is 2.62 bits per heavy atom. The van der Waals surface area contributed by atoms with Crippen molar-refractivity contribution in [3.8, 4) is 5.75 Å². The molecule has 7 heteroatoms. The average Bonchev–Trinajstić information content (AvgIpc) is 2.46. The van der Waals surface area contributed by atoms with Gasteiger partial charge in [-0.15, -0.1) is 0 Å². The predicted octanol–water partition coefficient (Wildman–Crippen LogP) is 2.18. The molecule has 0 saturated carbocycles. The van der Waals surface area contributed by atoms with Gasteiger partial charge in [0.05, 0.1) is 10.9 Å². The molecule has 0 bridgehead atoms. The number of rotatable bonds is 4. The first-order chi connectivity index (χ1) is 9.97. The van der Waals surface area contributed by atoms with E-state index in [0.29, 0.717) is 25.9 Å². The van der Waals surface area contributed by atoms with Gasteiger partial charge in [0, 0.05) is 13.1 Å². The van der Waals surface area contributed by atoms with E-state index in [9.17, 15) is 14.0 Å². The quantitative estimate of drug-likeness (QED) is 0.925. The third-order valence-corrected chi connectivity index (χ3v) is 3.74. The Morgan fingerprint density at radius 1 is 1.38 bits per heavy atom. The van der Waals surface area contributed by atoms with Gasteiger partial charge in [0.1, 0.15) is 11.6 Å². The molecule has 0 spiro atoms. The van der Waals surface area contributed by atoms with Crippen molar-refractivity contribution in [2.75, 3.05) is 19.7 Å². The third-order valence-electron chi connectivity index (χ3n) is 3.44. The molecule has 1 amide bonds. The van der Waals surface area contributed by atoms with Crippen molar-refractivity contribution in [1.82, 2.24) is 4.90 Å². The molecule has 1 heterocycles. The monoisotopic (exact) mass is 315 g/mol. The van der Waals surface area contributed by atoms with Crippen molar-refractivity contribution in [1.29, 1.82) is 0 Å². The molecule has 1 N–H and O–H groups in total. The first-order valence-corrected chi connectivity index (χ1v) is 6.93. The number of benzene rings is 1. The summed E-state index contributed by atoms with van der Waals surface area (Å²) in [7, 11) is 0. The van der Waals surface area contributed by atoms with Crippen LogP contribution < -0.4 is 4.74 Å². The van der Waals surface area contributed by atoms with Gasteiger partial charge in [-0.3, -0.25) is 9.59 Å². The highest BCUT2D eigenvalue weighted by atomic mass is 35.5. The standard InChI is InChI=1S/C14H15ClFNO4/c15-11-7-10(16)1-2-12(11)21-8-13(18)17-5-3-9(4-6-17)14(19)20/h1-2,7,9H,3-6,8H2,(H,19,20). The Morgan fingerprint density at radius 2 is 2.05 bits per heavy atom. The second-order valence-electron chi connectivity index (χ2n) is 4.86. The van der Waals surface area contributed by atoms with Crippen molar-refractivity contribution in [3.05, 3.63) is 29.0 Å². The van der Waals surface area contributed by atoms with Crippen LogP contribution in [0, 0.1) is 11.7 Å². The van der Waals surface area contributed by atoms with E-state index in [4.69, 9.17) is 21.4 Å². The van der Waals surface area contributed by atoms with Crippen LogP contribution in [0.5, 0.6) is 5.75 Å². The normalized spacial score (nSPS) is 15.8. The largest absolute Gasteiger partial charge is 0.482 e. The second kappa shape index (κ2) is 6.76. The number of carboxylic acid groups (broad SMARTS) is 1. The number of amides is 1. The van der Waals surface area contributed by atoms with Gasteiger partial charge >= 0.3 is 5.97 Å². The number of piperidine rings is 1. The van der Waals surface area contributed by atoms with Crippen molar-refractivity contribution in [3.63, 3.8) is 0 Å². The number of carboxylic acids is 1. The first kappa shape index (κ1) is 15.6. The molecular weight excluding hydrogens is 301 g/mol. The maximum Gasteiger partial charge on any atom is 0.306 e. The van der Waals surface area contributed by atoms with Gasteiger partial charge in [-0.25, -0.2) is 4.39 Å². The topological polar surface area (TPSA) is 66.8 Å². The molecule has 114 valence electrons. The lowest BCUT2D eigenvalue weighted by Gasteiger charge is -2.30. The summed E-state index contributed by atoms with van der Waals surface area (Å²) in [6.07, 6.45) is 0.886. The van der Waals surface area contributed by atoms with E-state index >= 15 is 0 Å². The van der Waals surface area contributed by atoms with Gasteiger partial charge in [0.25, 0.3) is 5.91 Å². The molecule has 2 rings (SSSR count). The highest BCUT2D eigenvalue weighted by molar-refractivity contribution is 6.32. The Hall–Kier alpha value is -1.82. The molecule has 1 saturated heterocycles. The number of carbonyl (C=O) groups is 2. The first-order valence-electron chi connectivity index (χ1n) is 6.56. The zero-order chi connectivity index (χ0) is 15.4. The van der Waals surface area contributed by atoms with E-state index < -0.39 is 11.8 Å². The van der Waals surface area contributed by atoms with Crippen LogP contribution in [0.3, 0.4) is 0 Å². The van der Waals surface area contributed by atoms with Gasteiger partial charge in [0.15, 0.2) is 6.61 Å². The maximum absolute atomic E-state index is 12.9. The smallest absolute Gasteiger partial charge is 0.306 e. The van der Waals surface area contributed by atoms with Gasteiger partial charge in [-0.05, 0) is 31.0 Å². The summed E-state index contributed by atoms with van der Waals surface area (Å²) < 4.78 is 18.2. The van der Waals surface area contributed by atoms with E-state index in [0.717, 1.165) is 6.07 Å². The number of hydrogen-bond donors (Lipinski definition) is 1. The van der Waals surface area contributed by atoms with Crippen LogP contribution in [0.15, 0.2) is 18.2 Å². The maximum atomic E-state index is 12.9. The molecule has 1 aliphatic rings. The predicted molar refractivity (Wildman–Crippen MR) is 73.8 cm³/mol. The number of likely N-dealkylation sites (tertiary alicyclic amines) is 1. The summed E-state index contributed by atoms with van der Waals surface area (Å²) in [6, 6.07) is 3.67. The van der Waals surface area contributed by atoms with Crippen LogP contribution in [0.1, 0.15) is 12.8 Å². The summed E-state index contributed by atoms with van der Waals surface area (Å²) in [6.45, 7) is 0.593. The molecule has 0 aliphatic carbocycles. The van der Waals surface area contributed by atoms with E-state index in [1.54, 1.807) is 4.90 Å². The highest BCUT2D eigenvalue weighted by Crippen LogP contribution is 2.25. The molecule has 1 fully saturated rings. The lowest BCUT2D eigenvalue weighted by atomic mass is 9.97. The minimum Gasteiger partial charge on any atom is -0.482 e. The van der Waals surface area contributed by atoms with Gasteiger partial charge in [-0.2, -0.15) is 0 Å². The lowest BCUT2D eigenvalue weighted by molar-refractivity contribution is -0.146. The minimum atomic E-state index is -0.823. The lowest BCUT2D eigenvalue weighted by Crippen LogP contribution is -2.42. The number of carbonyl (C=O) groups excluding carboxylic acids is 1. The Balaban J connectivity index is 1.84. The molecule has 0 aromatic heterocycles. The van der Waals surface area contributed by atoms with Gasteiger partial charge in [0.2, 0.25) is 0 Å². The molecule has 0 radical (unpaired) electrons. The number of hydrogen-bond acceptors (Lipinski definition) is 3. The van der Waals surface area contributed by atoms with Crippen LogP contribution >= 0.6 is 11.6 Å². The average molecular weight is 316 g/mol. The van der Waals surface area contributed by atoms with E-state index in [1.807, 2.05) is 0 Å². The SMILES string of the molecule is O=C(O)C1CCN(C(=O)COc2ccc(F)cc2Cl)CC1. The second-order valence-corrected chi connectivity index (χ2v) is 5.26. The molecule has 1 aromatic carbocycles. The number of nitrogens with zero attached hydrogens (tertiary/aromatic N) is 1. The van der Waals surface area contributed by atoms with Gasteiger partial charge < -0.3 is 14.7 Å². The summed E-state index contributed by atoms with van der Waals surface area (Å²) in [4.78, 5) is 24.4. The third kappa shape index (κ3) is 4.07.